The van der Waals surface area contributed by atoms with Crippen molar-refractivity contribution in [3.8, 4) is 0 Å². The van der Waals surface area contributed by atoms with Crippen molar-refractivity contribution in [2.24, 2.45) is 0 Å². The number of carbonyl (C=O) groups excluding carboxylic acids is 1. The zero-order chi connectivity index (χ0) is 9.56. The van der Waals surface area contributed by atoms with E-state index in [0.29, 0.717) is 0 Å². The minimum absolute atomic E-state index is 0. The molecule has 0 aliphatic carbocycles. The van der Waals surface area contributed by atoms with E-state index in [9.17, 15) is 4.79 Å². The van der Waals surface area contributed by atoms with Gasteiger partial charge in [-0.1, -0.05) is 20.4 Å². The molecule has 1 unspecified atom stereocenters. The van der Waals surface area contributed by atoms with Crippen LogP contribution in [0.25, 0.3) is 0 Å². The number of esters is 1. The van der Waals surface area contributed by atoms with Gasteiger partial charge in [0.15, 0.2) is 6.23 Å². The first-order valence-corrected chi connectivity index (χ1v) is 4.22. The van der Waals surface area contributed by atoms with Gasteiger partial charge in [0.05, 0.1) is 0 Å². The molecule has 0 aromatic carbocycles. The summed E-state index contributed by atoms with van der Waals surface area (Å²) < 4.78 is 5.01. The summed E-state index contributed by atoms with van der Waals surface area (Å²) in [6.07, 6.45) is 1.02. The van der Waals surface area contributed by atoms with Gasteiger partial charge in [-0.2, -0.15) is 0 Å². The Morgan fingerprint density at radius 3 is 2.31 bits per heavy atom. The molecule has 78 valence electrons. The lowest BCUT2D eigenvalue weighted by molar-refractivity contribution is -0.150. The zero-order valence-corrected chi connectivity index (χ0v) is 9.26. The molecular formula is C9H18ClNO2. The predicted molar refractivity (Wildman–Crippen MR) is 55.9 cm³/mol. The molecular weight excluding hydrogens is 190 g/mol. The fourth-order valence-electron chi connectivity index (χ4n) is 1.03. The Morgan fingerprint density at radius 1 is 1.54 bits per heavy atom. The maximum absolute atomic E-state index is 10.8. The van der Waals surface area contributed by atoms with Gasteiger partial charge < -0.3 is 4.74 Å². The van der Waals surface area contributed by atoms with Crippen LogP contribution in [0.1, 0.15) is 20.8 Å². The van der Waals surface area contributed by atoms with Crippen molar-refractivity contribution in [2.75, 3.05) is 13.1 Å². The molecule has 0 N–H and O–H groups in total. The first-order chi connectivity index (χ1) is 5.65. The van der Waals surface area contributed by atoms with Crippen LogP contribution in [0.5, 0.6) is 0 Å². The largest absolute Gasteiger partial charge is 0.443 e. The van der Waals surface area contributed by atoms with Crippen molar-refractivity contribution in [1.82, 2.24) is 4.90 Å². The van der Waals surface area contributed by atoms with Crippen LogP contribution in [0.15, 0.2) is 12.7 Å². The van der Waals surface area contributed by atoms with Gasteiger partial charge in [0.2, 0.25) is 0 Å². The van der Waals surface area contributed by atoms with Gasteiger partial charge in [0, 0.05) is 6.08 Å². The molecule has 0 fully saturated rings. The molecule has 0 saturated carbocycles. The Hall–Kier alpha value is -0.540. The van der Waals surface area contributed by atoms with Crippen molar-refractivity contribution in [1.29, 1.82) is 0 Å². The third-order valence-electron chi connectivity index (χ3n) is 1.78. The monoisotopic (exact) mass is 207 g/mol. The summed E-state index contributed by atoms with van der Waals surface area (Å²) in [6.45, 7) is 11.0. The highest BCUT2D eigenvalue weighted by Crippen LogP contribution is 2.00. The lowest BCUT2D eigenvalue weighted by Gasteiger charge is -2.25. The molecule has 0 amide bonds. The fraction of sp³-hybridized carbons (Fsp3) is 0.667. The molecule has 1 atom stereocenters. The number of rotatable bonds is 5. The first-order valence-electron chi connectivity index (χ1n) is 4.22. The highest BCUT2D eigenvalue weighted by molar-refractivity contribution is 5.85. The van der Waals surface area contributed by atoms with Gasteiger partial charge in [-0.25, -0.2) is 4.79 Å². The lowest BCUT2D eigenvalue weighted by Crippen LogP contribution is -2.35. The van der Waals surface area contributed by atoms with Gasteiger partial charge in [-0.3, -0.25) is 4.90 Å². The minimum atomic E-state index is -0.366. The van der Waals surface area contributed by atoms with Gasteiger partial charge in [-0.05, 0) is 20.0 Å². The van der Waals surface area contributed by atoms with E-state index in [4.69, 9.17) is 4.74 Å². The standard InChI is InChI=1S/C9H17NO2.ClH/c1-5-9(11)12-8(4)10(6-2)7-3;/h5,8H,1,6-7H2,2-4H3;1H. The maximum atomic E-state index is 10.8. The van der Waals surface area contributed by atoms with E-state index >= 15 is 0 Å². The molecule has 0 saturated heterocycles. The maximum Gasteiger partial charge on any atom is 0.331 e. The third-order valence-corrected chi connectivity index (χ3v) is 1.78. The van der Waals surface area contributed by atoms with Crippen LogP contribution in [-0.2, 0) is 9.53 Å². The second-order valence-electron chi connectivity index (χ2n) is 2.46. The Kier molecular flexibility index (Phi) is 9.29. The molecule has 0 rings (SSSR count). The summed E-state index contributed by atoms with van der Waals surface area (Å²) in [5.41, 5.74) is 0. The van der Waals surface area contributed by atoms with Gasteiger partial charge in [0.1, 0.15) is 0 Å². The number of ether oxygens (including phenoxy) is 1. The molecule has 0 radical (unpaired) electrons. The topological polar surface area (TPSA) is 29.5 Å². The number of halogens is 1. The Labute approximate surface area is 86.2 Å². The minimum Gasteiger partial charge on any atom is -0.443 e. The van der Waals surface area contributed by atoms with Crippen molar-refractivity contribution in [2.45, 2.75) is 27.0 Å². The van der Waals surface area contributed by atoms with E-state index < -0.39 is 0 Å². The van der Waals surface area contributed by atoms with Crippen molar-refractivity contribution in [3.63, 3.8) is 0 Å². The molecule has 0 aliphatic rings. The Bertz CT molecular complexity index is 158. The van der Waals surface area contributed by atoms with Gasteiger partial charge >= 0.3 is 5.97 Å². The first kappa shape index (κ1) is 15.0. The van der Waals surface area contributed by atoms with Crippen molar-refractivity contribution in [3.05, 3.63) is 12.7 Å². The molecule has 0 aliphatic heterocycles. The fourth-order valence-corrected chi connectivity index (χ4v) is 1.03. The Morgan fingerprint density at radius 2 is 2.00 bits per heavy atom. The molecule has 0 heterocycles. The van der Waals surface area contributed by atoms with E-state index in [1.807, 2.05) is 25.7 Å². The molecule has 0 spiro atoms. The van der Waals surface area contributed by atoms with Crippen LogP contribution in [0, 0.1) is 0 Å². The summed E-state index contributed by atoms with van der Waals surface area (Å²) in [5, 5.41) is 0. The average molecular weight is 208 g/mol. The number of nitrogens with zero attached hydrogens (tertiary/aromatic N) is 1. The van der Waals surface area contributed by atoms with Crippen LogP contribution in [0.2, 0.25) is 0 Å². The van der Waals surface area contributed by atoms with E-state index in [1.165, 1.54) is 6.08 Å². The number of carbonyl (C=O) groups is 1. The van der Waals surface area contributed by atoms with Gasteiger partial charge in [0.25, 0.3) is 0 Å². The van der Waals surface area contributed by atoms with Crippen LogP contribution in [-0.4, -0.2) is 30.2 Å². The summed E-state index contributed by atoms with van der Waals surface area (Å²) in [4.78, 5) is 12.8. The highest BCUT2D eigenvalue weighted by atomic mass is 35.5. The highest BCUT2D eigenvalue weighted by Gasteiger charge is 2.12. The summed E-state index contributed by atoms with van der Waals surface area (Å²) in [5.74, 6) is -0.366. The van der Waals surface area contributed by atoms with Crippen LogP contribution >= 0.6 is 12.4 Å². The molecule has 4 heteroatoms. The normalized spacial score (nSPS) is 11.7. The quantitative estimate of drug-likeness (QED) is 0.391. The van der Waals surface area contributed by atoms with E-state index in [1.54, 1.807) is 0 Å². The molecule has 3 nitrogen and oxygen atoms in total. The van der Waals surface area contributed by atoms with Crippen LogP contribution < -0.4 is 0 Å². The van der Waals surface area contributed by atoms with Crippen molar-refractivity contribution >= 4 is 18.4 Å². The summed E-state index contributed by atoms with van der Waals surface area (Å²) >= 11 is 0. The van der Waals surface area contributed by atoms with Gasteiger partial charge in [-0.15, -0.1) is 12.4 Å². The van der Waals surface area contributed by atoms with Crippen LogP contribution in [0.4, 0.5) is 0 Å². The zero-order valence-electron chi connectivity index (χ0n) is 8.45. The third kappa shape index (κ3) is 5.66. The predicted octanol–water partition coefficient (Wildman–Crippen LogP) is 1.83. The average Bonchev–Trinajstić information content (AvgIpc) is 2.06. The second-order valence-corrected chi connectivity index (χ2v) is 2.46. The SMILES string of the molecule is C=CC(=O)OC(C)N(CC)CC.Cl. The van der Waals surface area contributed by atoms with Crippen molar-refractivity contribution < 1.29 is 9.53 Å². The Balaban J connectivity index is 0. The summed E-state index contributed by atoms with van der Waals surface area (Å²) in [6, 6.07) is 0. The van der Waals surface area contributed by atoms with E-state index in [-0.39, 0.29) is 24.6 Å². The molecule has 13 heavy (non-hydrogen) atoms. The lowest BCUT2D eigenvalue weighted by atomic mass is 10.4. The number of hydrogen-bond donors (Lipinski definition) is 0. The number of hydrogen-bond acceptors (Lipinski definition) is 3. The molecule has 0 aromatic rings. The van der Waals surface area contributed by atoms with Crippen LogP contribution in [0.3, 0.4) is 0 Å². The molecule has 0 bridgehead atoms. The summed E-state index contributed by atoms with van der Waals surface area (Å²) in [7, 11) is 0. The molecule has 0 aromatic heterocycles. The van der Waals surface area contributed by atoms with E-state index in [0.717, 1.165) is 13.1 Å². The smallest absolute Gasteiger partial charge is 0.331 e. The van der Waals surface area contributed by atoms with E-state index in [2.05, 4.69) is 6.58 Å². The second kappa shape index (κ2) is 8.08.